The Morgan fingerprint density at radius 1 is 1.15 bits per heavy atom. The van der Waals surface area contributed by atoms with Crippen LogP contribution < -0.4 is 5.73 Å². The van der Waals surface area contributed by atoms with Crippen molar-refractivity contribution in [1.29, 1.82) is 0 Å². The molecule has 2 fully saturated rings. The van der Waals surface area contributed by atoms with E-state index in [9.17, 15) is 4.79 Å². The van der Waals surface area contributed by atoms with Gasteiger partial charge in [-0.1, -0.05) is 37.3 Å². The van der Waals surface area contributed by atoms with Crippen molar-refractivity contribution in [3.8, 4) is 0 Å². The lowest BCUT2D eigenvalue weighted by Crippen LogP contribution is -2.48. The summed E-state index contributed by atoms with van der Waals surface area (Å²) >= 11 is 0. The van der Waals surface area contributed by atoms with Crippen molar-refractivity contribution in [3.05, 3.63) is 35.9 Å². The lowest BCUT2D eigenvalue weighted by atomic mass is 9.82. The van der Waals surface area contributed by atoms with Gasteiger partial charge in [0.2, 0.25) is 5.91 Å². The van der Waals surface area contributed by atoms with Crippen molar-refractivity contribution in [2.45, 2.75) is 64.0 Å². The van der Waals surface area contributed by atoms with E-state index in [0.717, 1.165) is 64.6 Å². The van der Waals surface area contributed by atoms with E-state index in [1.54, 1.807) is 0 Å². The maximum atomic E-state index is 13.0. The van der Waals surface area contributed by atoms with Gasteiger partial charge in [-0.2, -0.15) is 0 Å². The van der Waals surface area contributed by atoms with Crippen molar-refractivity contribution < 1.29 is 9.53 Å². The van der Waals surface area contributed by atoms with Crippen LogP contribution in [0.25, 0.3) is 0 Å². The van der Waals surface area contributed by atoms with Gasteiger partial charge in [-0.05, 0) is 56.4 Å². The molecule has 3 atom stereocenters. The maximum absolute atomic E-state index is 13.0. The molecule has 1 heterocycles. The molecule has 26 heavy (non-hydrogen) atoms. The summed E-state index contributed by atoms with van der Waals surface area (Å²) in [6.45, 7) is 4.65. The summed E-state index contributed by atoms with van der Waals surface area (Å²) in [5, 5.41) is 0. The zero-order valence-corrected chi connectivity index (χ0v) is 16.1. The first-order valence-corrected chi connectivity index (χ1v) is 10.4. The smallest absolute Gasteiger partial charge is 0.225 e. The summed E-state index contributed by atoms with van der Waals surface area (Å²) in [6.07, 6.45) is 7.01. The number of likely N-dealkylation sites (tertiary alicyclic amines) is 1. The highest BCUT2D eigenvalue weighted by Crippen LogP contribution is 2.30. The molecular formula is C22H34N2O2. The number of nitrogens with two attached hydrogens (primary N) is 1. The number of hydrogen-bond acceptors (Lipinski definition) is 3. The first-order chi connectivity index (χ1) is 12.7. The Morgan fingerprint density at radius 2 is 1.88 bits per heavy atom. The number of rotatable bonds is 6. The van der Waals surface area contributed by atoms with Gasteiger partial charge < -0.3 is 15.4 Å². The van der Waals surface area contributed by atoms with Gasteiger partial charge in [0.15, 0.2) is 0 Å². The number of carbonyl (C=O) groups excluding carboxylic acids is 1. The molecule has 0 spiro atoms. The van der Waals surface area contributed by atoms with E-state index in [0.29, 0.717) is 11.8 Å². The lowest BCUT2D eigenvalue weighted by Gasteiger charge is -2.38. The van der Waals surface area contributed by atoms with Crippen LogP contribution >= 0.6 is 0 Å². The number of benzene rings is 1. The highest BCUT2D eigenvalue weighted by atomic mass is 16.5. The molecule has 4 nitrogen and oxygen atoms in total. The number of ether oxygens (including phenoxy) is 1. The van der Waals surface area contributed by atoms with Crippen LogP contribution in [0, 0.1) is 11.8 Å². The molecule has 144 valence electrons. The minimum Gasteiger partial charge on any atom is -0.377 e. The maximum Gasteiger partial charge on any atom is 0.225 e. The fourth-order valence-electron chi connectivity index (χ4n) is 4.40. The topological polar surface area (TPSA) is 55.6 Å². The predicted octanol–water partition coefficient (Wildman–Crippen LogP) is 3.39. The average molecular weight is 359 g/mol. The summed E-state index contributed by atoms with van der Waals surface area (Å²) in [5.74, 6) is 1.13. The van der Waals surface area contributed by atoms with E-state index < -0.39 is 0 Å². The predicted molar refractivity (Wildman–Crippen MR) is 105 cm³/mol. The van der Waals surface area contributed by atoms with Gasteiger partial charge in [0.25, 0.3) is 0 Å². The highest BCUT2D eigenvalue weighted by molar-refractivity contribution is 5.79. The molecule has 1 saturated heterocycles. The molecule has 0 unspecified atom stereocenters. The fraction of sp³-hybridized carbons (Fsp3) is 0.682. The van der Waals surface area contributed by atoms with E-state index >= 15 is 0 Å². The van der Waals surface area contributed by atoms with Crippen LogP contribution in [-0.2, 0) is 16.0 Å². The third-order valence-corrected chi connectivity index (χ3v) is 6.02. The third kappa shape index (κ3) is 5.08. The van der Waals surface area contributed by atoms with E-state index in [1.807, 2.05) is 0 Å². The van der Waals surface area contributed by atoms with E-state index in [1.165, 1.54) is 5.56 Å². The number of hydrogen-bond donors (Lipinski definition) is 1. The molecule has 0 radical (unpaired) electrons. The Kier molecular flexibility index (Phi) is 7.09. The molecule has 1 aromatic rings. The molecule has 4 heteroatoms. The summed E-state index contributed by atoms with van der Waals surface area (Å²) in [4.78, 5) is 15.1. The molecule has 1 saturated carbocycles. The third-order valence-electron chi connectivity index (χ3n) is 6.02. The van der Waals surface area contributed by atoms with Crippen molar-refractivity contribution in [1.82, 2.24) is 4.90 Å². The molecular weight excluding hydrogens is 324 g/mol. The van der Waals surface area contributed by atoms with Crippen molar-refractivity contribution in [3.63, 3.8) is 0 Å². The molecule has 3 rings (SSSR count). The quantitative estimate of drug-likeness (QED) is 0.848. The Morgan fingerprint density at radius 3 is 2.58 bits per heavy atom. The minimum absolute atomic E-state index is 0.0493. The second-order valence-electron chi connectivity index (χ2n) is 8.04. The van der Waals surface area contributed by atoms with Crippen LogP contribution in [0.4, 0.5) is 0 Å². The van der Waals surface area contributed by atoms with Gasteiger partial charge in [-0.25, -0.2) is 0 Å². The van der Waals surface area contributed by atoms with Crippen molar-refractivity contribution in [2.75, 3.05) is 19.7 Å². The zero-order valence-electron chi connectivity index (χ0n) is 16.1. The van der Waals surface area contributed by atoms with Gasteiger partial charge in [0.05, 0.1) is 6.10 Å². The largest absolute Gasteiger partial charge is 0.377 e. The summed E-state index contributed by atoms with van der Waals surface area (Å²) < 4.78 is 5.90. The summed E-state index contributed by atoms with van der Waals surface area (Å²) in [6, 6.07) is 10.8. The van der Waals surface area contributed by atoms with Crippen LogP contribution in [0.1, 0.15) is 51.0 Å². The SMILES string of the molecule is CCCO[C@@H]1C[C@@H](C(=O)N2CCC(Cc3ccccc3)CC2)CC[C@H]1N. The van der Waals surface area contributed by atoms with Gasteiger partial charge in [-0.15, -0.1) is 0 Å². The Hall–Kier alpha value is -1.39. The molecule has 0 bridgehead atoms. The number of nitrogens with zero attached hydrogens (tertiary/aromatic N) is 1. The van der Waals surface area contributed by atoms with Crippen LogP contribution in [-0.4, -0.2) is 42.6 Å². The van der Waals surface area contributed by atoms with Crippen molar-refractivity contribution in [2.24, 2.45) is 17.6 Å². The van der Waals surface area contributed by atoms with Crippen LogP contribution in [0.15, 0.2) is 30.3 Å². The normalized spacial score (nSPS) is 27.5. The lowest BCUT2D eigenvalue weighted by molar-refractivity contribution is -0.140. The van der Waals surface area contributed by atoms with Crippen LogP contribution in [0.2, 0.25) is 0 Å². The minimum atomic E-state index is 0.0493. The van der Waals surface area contributed by atoms with Gasteiger partial charge in [0, 0.05) is 31.7 Å². The number of carbonyl (C=O) groups is 1. The Labute approximate surface area is 158 Å². The molecule has 1 aromatic carbocycles. The number of piperidine rings is 1. The van der Waals surface area contributed by atoms with Gasteiger partial charge >= 0.3 is 0 Å². The summed E-state index contributed by atoms with van der Waals surface area (Å²) in [5.41, 5.74) is 7.61. The molecule has 2 N–H and O–H groups in total. The van der Waals surface area contributed by atoms with Crippen molar-refractivity contribution >= 4 is 5.91 Å². The van der Waals surface area contributed by atoms with E-state index in [-0.39, 0.29) is 18.1 Å². The zero-order chi connectivity index (χ0) is 18.4. The molecule has 1 amide bonds. The monoisotopic (exact) mass is 358 g/mol. The summed E-state index contributed by atoms with van der Waals surface area (Å²) in [7, 11) is 0. The Balaban J connectivity index is 1.47. The van der Waals surface area contributed by atoms with Crippen LogP contribution in [0.3, 0.4) is 0 Å². The molecule has 1 aliphatic carbocycles. The molecule has 2 aliphatic rings. The first-order valence-electron chi connectivity index (χ1n) is 10.4. The second-order valence-corrected chi connectivity index (χ2v) is 8.04. The highest BCUT2D eigenvalue weighted by Gasteiger charge is 2.35. The van der Waals surface area contributed by atoms with Crippen LogP contribution in [0.5, 0.6) is 0 Å². The van der Waals surface area contributed by atoms with Gasteiger partial charge in [-0.3, -0.25) is 4.79 Å². The number of amides is 1. The molecule has 1 aliphatic heterocycles. The van der Waals surface area contributed by atoms with Gasteiger partial charge in [0.1, 0.15) is 0 Å². The first kappa shape index (κ1) is 19.4. The van der Waals surface area contributed by atoms with E-state index in [4.69, 9.17) is 10.5 Å². The standard InChI is InChI=1S/C22H34N2O2/c1-2-14-26-21-16-19(8-9-20(21)23)22(25)24-12-10-18(11-13-24)15-17-6-4-3-5-7-17/h3-7,18-21H,2,8-16,23H2,1H3/t19-,20+,21+/m0/s1. The fourth-order valence-corrected chi connectivity index (χ4v) is 4.40. The van der Waals surface area contributed by atoms with E-state index in [2.05, 4.69) is 42.2 Å². The average Bonchev–Trinajstić information content (AvgIpc) is 2.68. The second kappa shape index (κ2) is 9.52. The Bertz CT molecular complexity index is 555. The molecule has 0 aromatic heterocycles.